The van der Waals surface area contributed by atoms with Crippen molar-refractivity contribution in [2.75, 3.05) is 26.2 Å². The summed E-state index contributed by atoms with van der Waals surface area (Å²) in [6.07, 6.45) is 6.63. The van der Waals surface area contributed by atoms with Gasteiger partial charge in [-0.15, -0.1) is 0 Å². The summed E-state index contributed by atoms with van der Waals surface area (Å²) in [4.78, 5) is 14.4. The first-order valence-corrected chi connectivity index (χ1v) is 8.84. The highest BCUT2D eigenvalue weighted by Crippen LogP contribution is 2.21. The van der Waals surface area contributed by atoms with E-state index in [-0.39, 0.29) is 5.91 Å². The van der Waals surface area contributed by atoms with E-state index in [0.717, 1.165) is 25.1 Å². The number of halogens is 2. The molecule has 0 atom stereocenters. The van der Waals surface area contributed by atoms with Crippen LogP contribution in [0.3, 0.4) is 0 Å². The Morgan fingerprint density at radius 3 is 2.55 bits per heavy atom. The summed E-state index contributed by atoms with van der Waals surface area (Å²) >= 11 is 11.9. The van der Waals surface area contributed by atoms with Crippen molar-refractivity contribution in [2.45, 2.75) is 38.5 Å². The fourth-order valence-electron chi connectivity index (χ4n) is 2.79. The zero-order chi connectivity index (χ0) is 15.8. The van der Waals surface area contributed by atoms with Gasteiger partial charge in [0.1, 0.15) is 0 Å². The van der Waals surface area contributed by atoms with E-state index >= 15 is 0 Å². The third-order valence-electron chi connectivity index (χ3n) is 4.04. The van der Waals surface area contributed by atoms with Gasteiger partial charge in [0.2, 0.25) is 5.91 Å². The molecule has 1 amide bonds. The lowest BCUT2D eigenvalue weighted by Gasteiger charge is -2.19. The number of nitrogens with zero attached hydrogens (tertiary/aromatic N) is 1. The van der Waals surface area contributed by atoms with Gasteiger partial charge in [-0.1, -0.05) is 42.1 Å². The van der Waals surface area contributed by atoms with Crippen molar-refractivity contribution in [3.8, 4) is 0 Å². The number of likely N-dealkylation sites (tertiary alicyclic amines) is 1. The summed E-state index contributed by atoms with van der Waals surface area (Å²) in [5.41, 5.74) is 0.816. The number of carbonyl (C=O) groups is 1. The van der Waals surface area contributed by atoms with E-state index in [9.17, 15) is 4.79 Å². The summed E-state index contributed by atoms with van der Waals surface area (Å²) in [6, 6.07) is 5.24. The molecule has 2 rings (SSSR count). The van der Waals surface area contributed by atoms with Crippen LogP contribution in [0.2, 0.25) is 10.0 Å². The standard InChI is InChI=1S/C17H24Cl2N2O/c18-15-7-6-14(16(19)13-15)12-17(22)20-8-5-11-21-9-3-1-2-4-10-21/h6-7,13H,1-5,8-12H2,(H,20,22). The van der Waals surface area contributed by atoms with Crippen LogP contribution in [0.4, 0.5) is 0 Å². The van der Waals surface area contributed by atoms with Crippen LogP contribution in [0, 0.1) is 0 Å². The third kappa shape index (κ3) is 6.15. The van der Waals surface area contributed by atoms with E-state index < -0.39 is 0 Å². The van der Waals surface area contributed by atoms with Gasteiger partial charge in [0.05, 0.1) is 6.42 Å². The average molecular weight is 343 g/mol. The molecular formula is C17H24Cl2N2O. The Hall–Kier alpha value is -0.770. The topological polar surface area (TPSA) is 32.3 Å². The lowest BCUT2D eigenvalue weighted by atomic mass is 10.1. The van der Waals surface area contributed by atoms with E-state index in [0.29, 0.717) is 16.5 Å². The number of hydrogen-bond donors (Lipinski definition) is 1. The van der Waals surface area contributed by atoms with Crippen molar-refractivity contribution < 1.29 is 4.79 Å². The van der Waals surface area contributed by atoms with Gasteiger partial charge in [0, 0.05) is 16.6 Å². The van der Waals surface area contributed by atoms with Gasteiger partial charge in [0.15, 0.2) is 0 Å². The predicted molar refractivity (Wildman–Crippen MR) is 92.7 cm³/mol. The normalized spacial score (nSPS) is 16.3. The first-order chi connectivity index (χ1) is 10.6. The largest absolute Gasteiger partial charge is 0.356 e. The molecule has 3 nitrogen and oxygen atoms in total. The highest BCUT2D eigenvalue weighted by molar-refractivity contribution is 6.35. The SMILES string of the molecule is O=C(Cc1ccc(Cl)cc1Cl)NCCCN1CCCCCC1. The van der Waals surface area contributed by atoms with Gasteiger partial charge in [0.25, 0.3) is 0 Å². The molecule has 0 spiro atoms. The molecule has 0 saturated carbocycles. The molecule has 1 fully saturated rings. The highest BCUT2D eigenvalue weighted by Gasteiger charge is 2.10. The second kappa shape index (κ2) is 9.39. The maximum Gasteiger partial charge on any atom is 0.224 e. The minimum Gasteiger partial charge on any atom is -0.356 e. The molecule has 0 bridgehead atoms. The second-order valence-corrected chi connectivity index (χ2v) is 6.72. The van der Waals surface area contributed by atoms with Crippen LogP contribution in [-0.4, -0.2) is 37.0 Å². The van der Waals surface area contributed by atoms with Crippen LogP contribution < -0.4 is 5.32 Å². The second-order valence-electron chi connectivity index (χ2n) is 5.87. The minimum atomic E-state index is 0.0140. The van der Waals surface area contributed by atoms with E-state index in [2.05, 4.69) is 10.2 Å². The minimum absolute atomic E-state index is 0.0140. The quantitative estimate of drug-likeness (QED) is 0.794. The van der Waals surface area contributed by atoms with Gasteiger partial charge >= 0.3 is 0 Å². The monoisotopic (exact) mass is 342 g/mol. The number of rotatable bonds is 6. The molecule has 1 aliphatic rings. The Labute approximate surface area is 143 Å². The van der Waals surface area contributed by atoms with Crippen LogP contribution in [-0.2, 0) is 11.2 Å². The van der Waals surface area contributed by atoms with Crippen molar-refractivity contribution in [2.24, 2.45) is 0 Å². The summed E-state index contributed by atoms with van der Waals surface area (Å²) in [7, 11) is 0. The molecule has 1 aliphatic heterocycles. The number of hydrogen-bond acceptors (Lipinski definition) is 2. The van der Waals surface area contributed by atoms with Crippen LogP contribution in [0.5, 0.6) is 0 Å². The Kier molecular flexibility index (Phi) is 7.50. The summed E-state index contributed by atoms with van der Waals surface area (Å²) in [5, 5.41) is 4.11. The average Bonchev–Trinajstić information content (AvgIpc) is 2.75. The van der Waals surface area contributed by atoms with Crippen LogP contribution >= 0.6 is 23.2 Å². The Balaban J connectivity index is 1.65. The van der Waals surface area contributed by atoms with Gasteiger partial charge in [-0.3, -0.25) is 4.79 Å². The van der Waals surface area contributed by atoms with Crippen molar-refractivity contribution in [3.63, 3.8) is 0 Å². The molecule has 0 radical (unpaired) electrons. The molecule has 22 heavy (non-hydrogen) atoms. The third-order valence-corrected chi connectivity index (χ3v) is 4.63. The van der Waals surface area contributed by atoms with E-state index in [4.69, 9.17) is 23.2 Å². The molecule has 1 N–H and O–H groups in total. The van der Waals surface area contributed by atoms with Crippen LogP contribution in [0.15, 0.2) is 18.2 Å². The highest BCUT2D eigenvalue weighted by atomic mass is 35.5. The summed E-state index contributed by atoms with van der Waals surface area (Å²) < 4.78 is 0. The first-order valence-electron chi connectivity index (χ1n) is 8.08. The van der Waals surface area contributed by atoms with Crippen molar-refractivity contribution in [1.82, 2.24) is 10.2 Å². The van der Waals surface area contributed by atoms with Crippen molar-refractivity contribution in [3.05, 3.63) is 33.8 Å². The molecular weight excluding hydrogens is 319 g/mol. The molecule has 5 heteroatoms. The van der Waals surface area contributed by atoms with Gasteiger partial charge in [-0.2, -0.15) is 0 Å². The van der Waals surface area contributed by atoms with E-state index in [1.165, 1.54) is 38.8 Å². The molecule has 0 aromatic heterocycles. The molecule has 0 unspecified atom stereocenters. The molecule has 122 valence electrons. The van der Waals surface area contributed by atoms with Crippen LogP contribution in [0.1, 0.15) is 37.7 Å². The number of benzene rings is 1. The Morgan fingerprint density at radius 2 is 1.86 bits per heavy atom. The van der Waals surface area contributed by atoms with E-state index in [1.807, 2.05) is 6.07 Å². The number of nitrogens with one attached hydrogen (secondary N) is 1. The zero-order valence-corrected chi connectivity index (χ0v) is 14.4. The summed E-state index contributed by atoms with van der Waals surface area (Å²) in [5.74, 6) is 0.0140. The fourth-order valence-corrected chi connectivity index (χ4v) is 3.27. The van der Waals surface area contributed by atoms with Gasteiger partial charge in [-0.05, 0) is 56.6 Å². The maximum atomic E-state index is 11.9. The first kappa shape index (κ1) is 17.6. The fraction of sp³-hybridized carbons (Fsp3) is 0.588. The lowest BCUT2D eigenvalue weighted by Crippen LogP contribution is -2.31. The Bertz CT molecular complexity index is 486. The number of carbonyl (C=O) groups excluding carboxylic acids is 1. The van der Waals surface area contributed by atoms with Gasteiger partial charge in [-0.25, -0.2) is 0 Å². The molecule has 1 saturated heterocycles. The van der Waals surface area contributed by atoms with Crippen molar-refractivity contribution in [1.29, 1.82) is 0 Å². The van der Waals surface area contributed by atoms with Crippen LogP contribution in [0.25, 0.3) is 0 Å². The predicted octanol–water partition coefficient (Wildman–Crippen LogP) is 3.92. The summed E-state index contributed by atoms with van der Waals surface area (Å²) in [6.45, 7) is 4.20. The smallest absolute Gasteiger partial charge is 0.224 e. The molecule has 1 aromatic rings. The number of amides is 1. The molecule has 0 aliphatic carbocycles. The lowest BCUT2D eigenvalue weighted by molar-refractivity contribution is -0.120. The Morgan fingerprint density at radius 1 is 1.14 bits per heavy atom. The molecule has 1 aromatic carbocycles. The van der Waals surface area contributed by atoms with Crippen molar-refractivity contribution >= 4 is 29.1 Å². The van der Waals surface area contributed by atoms with E-state index in [1.54, 1.807) is 12.1 Å². The maximum absolute atomic E-state index is 11.9. The zero-order valence-electron chi connectivity index (χ0n) is 12.9. The van der Waals surface area contributed by atoms with Gasteiger partial charge < -0.3 is 10.2 Å². The molecule has 1 heterocycles.